The van der Waals surface area contributed by atoms with Crippen LogP contribution >= 0.6 is 0 Å². The van der Waals surface area contributed by atoms with Gasteiger partial charge >= 0.3 is 437 Å². The van der Waals surface area contributed by atoms with Gasteiger partial charge in [-0.3, -0.25) is 0 Å². The smallest absolute Gasteiger partial charge is 2.00 e. The molecule has 21 nitrogen and oxygen atoms in total. The van der Waals surface area contributed by atoms with Crippen LogP contribution < -0.4 is 133 Å². The zero-order valence-electron chi connectivity index (χ0n) is 17.0. The monoisotopic (exact) mass is 1840 g/mol. The Hall–Kier alpha value is 10.7. The summed E-state index contributed by atoms with van der Waals surface area (Å²) in [6, 6.07) is 0. The molecule has 0 bridgehead atoms. The van der Waals surface area contributed by atoms with Gasteiger partial charge in [-0.15, -0.1) is 0 Å². The molecule has 0 aliphatic rings. The summed E-state index contributed by atoms with van der Waals surface area (Å²) in [5.74, 6) is 0. The van der Waals surface area contributed by atoms with Crippen molar-refractivity contribution < 1.29 is 306 Å². The molecule has 0 aliphatic heterocycles. The molecule has 0 amide bonds. The summed E-state index contributed by atoms with van der Waals surface area (Å²) >= 11 is -28.6. The van der Waals surface area contributed by atoms with Gasteiger partial charge < -0.3 is 0 Å². The molecule has 0 N–H and O–H groups in total. The van der Waals surface area contributed by atoms with Gasteiger partial charge in [-0.2, -0.15) is 0 Å². The Kier molecular flexibility index (Phi) is 245. The van der Waals surface area contributed by atoms with E-state index in [9.17, 15) is 0 Å². The van der Waals surface area contributed by atoms with Crippen LogP contribution in [0.5, 0.6) is 0 Å². The first kappa shape index (κ1) is 97.1. The number of hydrogen-bond donors (Lipinski definition) is 0. The second kappa shape index (κ2) is 90.9. The topological polar surface area (TPSA) is 442 Å². The van der Waals surface area contributed by atoms with Crippen LogP contribution in [-0.4, -0.2) is 131 Å². The Morgan fingerprint density at radius 3 is 0.278 bits per heavy atom. The van der Waals surface area contributed by atoms with Gasteiger partial charge in [0, 0.05) is 0 Å². The molecule has 0 aromatic rings. The fourth-order valence-corrected chi connectivity index (χ4v) is 0. The largest absolute Gasteiger partial charge is 2.00 e. The van der Waals surface area contributed by atoms with E-state index in [1.54, 1.807) is 0 Å². The fourth-order valence-electron chi connectivity index (χ4n) is 0. The fraction of sp³-hybridized carbons (Fsp3) is 0. The van der Waals surface area contributed by atoms with E-state index in [2.05, 4.69) is 0 Å². The van der Waals surface area contributed by atoms with Crippen LogP contribution in [0.3, 0.4) is 0 Å². The summed E-state index contributed by atoms with van der Waals surface area (Å²) < 4.78 is 180. The first-order valence-corrected chi connectivity index (χ1v) is 17.7. The summed E-state index contributed by atoms with van der Waals surface area (Å²) in [6.45, 7) is 0. The van der Waals surface area contributed by atoms with E-state index in [0.29, 0.717) is 0 Å². The summed E-state index contributed by atoms with van der Waals surface area (Å²) in [6.07, 6.45) is 0. The maximum Gasteiger partial charge on any atom is 2.00 e. The van der Waals surface area contributed by atoms with E-state index >= 15 is 0 Å². The van der Waals surface area contributed by atoms with E-state index in [4.69, 9.17) is 74.9 Å². The van der Waals surface area contributed by atoms with Crippen molar-refractivity contribution in [2.24, 2.45) is 0 Å². The molecule has 0 fully saturated rings. The van der Waals surface area contributed by atoms with E-state index in [1.165, 1.54) is 0 Å². The summed E-state index contributed by atoms with van der Waals surface area (Å²) in [5, 5.41) is 0. The van der Waals surface area contributed by atoms with Crippen molar-refractivity contribution in [2.45, 2.75) is 0 Å². The Morgan fingerprint density at radius 1 is 0.278 bits per heavy atom. The van der Waals surface area contributed by atoms with Crippen LogP contribution in [0.25, 0.3) is 0 Å². The zero-order valence-corrected chi connectivity index (χ0v) is 53.4. The average molecular weight is 1840 g/mol. The first-order valence-electron chi connectivity index (χ1n) is 4.29. The molecule has 0 spiro atoms. The third-order valence-electron chi connectivity index (χ3n) is 0. The molecule has 0 saturated heterocycles. The average Bonchev–Trinajstić information content (AvgIpc) is 2.20. The Morgan fingerprint density at radius 2 is 0.278 bits per heavy atom. The summed E-state index contributed by atoms with van der Waals surface area (Å²) in [5.41, 5.74) is 0. The molecule has 36 heavy (non-hydrogen) atoms. The second-order valence-corrected chi connectivity index (χ2v) is 7.22. The van der Waals surface area contributed by atoms with E-state index in [1.807, 2.05) is 0 Å². The van der Waals surface area contributed by atoms with Crippen molar-refractivity contribution in [1.29, 1.82) is 0 Å². The van der Waals surface area contributed by atoms with Gasteiger partial charge in [0.05, 0.1) is 0 Å². The maximum absolute atomic E-state index is 8.58. The van der Waals surface area contributed by atoms with Crippen LogP contribution in [-0.2, 0) is 173 Å². The zero-order chi connectivity index (χ0) is 25.0. The Bertz CT molecular complexity index is 342. The molecule has 36 heteroatoms. The number of hydrogen-bond acceptors (Lipinski definition) is 21. The molecule has 10 radical (unpaired) electrons. The molecule has 0 aromatic heterocycles. The van der Waals surface area contributed by atoms with Crippen molar-refractivity contribution in [1.82, 2.24) is 0 Å². The predicted molar refractivity (Wildman–Crippen MR) is 33.6 cm³/mol. The summed E-state index contributed by atoms with van der Waals surface area (Å²) in [4.78, 5) is 0. The molecule has 0 rings (SSSR count). The van der Waals surface area contributed by atoms with Gasteiger partial charge in [0.15, 0.2) is 0 Å². The van der Waals surface area contributed by atoms with Gasteiger partial charge in [-0.05, 0) is 0 Å². The van der Waals surface area contributed by atoms with Gasteiger partial charge in [-0.1, -0.05) is 0 Å². The molecular formula is Bi5KNaO21Ti7Zn+5. The van der Waals surface area contributed by atoms with Crippen LogP contribution in [0.4, 0.5) is 0 Å². The van der Waals surface area contributed by atoms with Gasteiger partial charge in [0.25, 0.3) is 0 Å². The molecular weight excluding hydrogens is 1840 g/mol. The second-order valence-electron chi connectivity index (χ2n) is 1.75. The number of rotatable bonds is 0. The van der Waals surface area contributed by atoms with Crippen molar-refractivity contribution in [3.8, 4) is 0 Å². The van der Waals surface area contributed by atoms with Crippen molar-refractivity contribution in [3.05, 3.63) is 0 Å². The van der Waals surface area contributed by atoms with E-state index < -0.39 is 130 Å². The minimum Gasteiger partial charge on any atom is 2.00 e. The SMILES string of the molecule is [Bi+3].[Bi+3].[Bi+3].[Bi+3].[Bi+3].[K+].[Na+].[O]=[Ti]([O-])[O-].[O]=[Ti]([O-])[O-].[O]=[Ti]([O-])[O-].[O]=[Ti]([O-])[O-].[O]=[Ti]([O-])[O-].[O]=[Ti]([O-])[O-].[O]=[Ti]([O-])[O-].[Zn+2]. The third kappa shape index (κ3) is 744. The van der Waals surface area contributed by atoms with Crippen LogP contribution in [0, 0.1) is 0 Å². The maximum atomic E-state index is 8.58. The first-order chi connectivity index (χ1) is 12.1. The Balaban J connectivity index is -0.0000000106. The quantitative estimate of drug-likeness (QED) is 0.203. The molecule has 0 unspecified atom stereocenters. The van der Waals surface area contributed by atoms with E-state index in [0.717, 1.165) is 0 Å². The third-order valence-corrected chi connectivity index (χ3v) is 0. The minimum atomic E-state index is -4.08. The normalized spacial score (nSPS) is 5.06. The Labute approximate surface area is 424 Å². The van der Waals surface area contributed by atoms with Crippen LogP contribution in [0.2, 0.25) is 0 Å². The van der Waals surface area contributed by atoms with Crippen molar-refractivity contribution >= 4 is 131 Å². The van der Waals surface area contributed by atoms with Gasteiger partial charge in [0.2, 0.25) is 0 Å². The van der Waals surface area contributed by atoms with E-state index in [-0.39, 0.29) is 231 Å². The molecule has 0 aliphatic carbocycles. The van der Waals surface area contributed by atoms with Crippen LogP contribution in [0.1, 0.15) is 0 Å². The van der Waals surface area contributed by atoms with Crippen LogP contribution in [0.15, 0.2) is 0 Å². The standard InChI is InChI=1S/5Bi.K.Na.21O.7Ti.Zn/q5*+3;2*+1;;;;;;;;14*-1;;;;;;;;+2. The van der Waals surface area contributed by atoms with Gasteiger partial charge in [0.1, 0.15) is 0 Å². The molecule has 178 valence electrons. The molecule has 0 heterocycles. The molecule has 0 aromatic carbocycles. The molecule has 0 atom stereocenters. The van der Waals surface area contributed by atoms with Crippen molar-refractivity contribution in [3.63, 3.8) is 0 Å². The minimum absolute atomic E-state index is 0. The molecule has 0 saturated carbocycles. The van der Waals surface area contributed by atoms with Crippen molar-refractivity contribution in [2.75, 3.05) is 0 Å². The van der Waals surface area contributed by atoms with Gasteiger partial charge in [-0.25, -0.2) is 0 Å². The predicted octanol–water partition coefficient (Wildman–Crippen LogP) is -25.4. The summed E-state index contributed by atoms with van der Waals surface area (Å²) in [7, 11) is 0.